The largest absolute Gasteiger partial charge is 0.481 e. The molecule has 20 heavy (non-hydrogen) atoms. The molecule has 0 amide bonds. The molecule has 1 aromatic carbocycles. The van der Waals surface area contributed by atoms with Crippen LogP contribution in [-0.4, -0.2) is 15.6 Å². The molecule has 2 rings (SSSR count). The molecule has 1 N–H and O–H groups in total. The zero-order chi connectivity index (χ0) is 14.9. The van der Waals surface area contributed by atoms with Gasteiger partial charge in [0.2, 0.25) is 0 Å². The molecule has 0 aliphatic heterocycles. The molecule has 0 aliphatic rings. The van der Waals surface area contributed by atoms with Crippen LogP contribution in [0.5, 0.6) is 0 Å². The number of nitrogens with zero attached hydrogens (tertiary/aromatic N) is 1. The Kier molecular flexibility index (Phi) is 3.76. The molecule has 2 aromatic rings. The summed E-state index contributed by atoms with van der Waals surface area (Å²) in [5.41, 5.74) is -0.844. The second kappa shape index (κ2) is 5.20. The van der Waals surface area contributed by atoms with Gasteiger partial charge in [0.15, 0.2) is 0 Å². The van der Waals surface area contributed by atoms with E-state index < -0.39 is 24.1 Å². The van der Waals surface area contributed by atoms with E-state index in [1.165, 1.54) is 35.0 Å². The van der Waals surface area contributed by atoms with Gasteiger partial charge < -0.3 is 9.67 Å². The summed E-state index contributed by atoms with van der Waals surface area (Å²) >= 11 is 5.72. The minimum Gasteiger partial charge on any atom is -0.481 e. The van der Waals surface area contributed by atoms with Gasteiger partial charge in [-0.15, -0.1) is 0 Å². The summed E-state index contributed by atoms with van der Waals surface area (Å²) in [6, 6.07) is 6.96. The first-order chi connectivity index (χ1) is 9.29. The quantitative estimate of drug-likeness (QED) is 0.937. The highest BCUT2D eigenvalue weighted by atomic mass is 35.5. The van der Waals surface area contributed by atoms with E-state index >= 15 is 0 Å². The number of aliphatic carboxylic acids is 1. The molecule has 0 spiro atoms. The Hall–Kier alpha value is -1.95. The summed E-state index contributed by atoms with van der Waals surface area (Å²) in [5.74, 6) is -1.33. The molecule has 1 aromatic heterocycles. The van der Waals surface area contributed by atoms with Crippen molar-refractivity contribution in [2.24, 2.45) is 0 Å². The van der Waals surface area contributed by atoms with Crippen molar-refractivity contribution in [3.8, 4) is 5.69 Å². The lowest BCUT2D eigenvalue weighted by atomic mass is 10.2. The van der Waals surface area contributed by atoms with Gasteiger partial charge in [-0.3, -0.25) is 4.79 Å². The molecule has 0 atom stereocenters. The van der Waals surface area contributed by atoms with Gasteiger partial charge in [-0.2, -0.15) is 13.2 Å². The average molecular weight is 304 g/mol. The number of rotatable bonds is 3. The van der Waals surface area contributed by atoms with Crippen molar-refractivity contribution >= 4 is 17.6 Å². The number of carboxylic acids is 1. The number of aromatic nitrogens is 1. The van der Waals surface area contributed by atoms with E-state index in [4.69, 9.17) is 16.7 Å². The zero-order valence-electron chi connectivity index (χ0n) is 9.99. The maximum atomic E-state index is 12.9. The van der Waals surface area contributed by atoms with Gasteiger partial charge in [-0.1, -0.05) is 11.6 Å². The Labute approximate surface area is 117 Å². The third-order valence-electron chi connectivity index (χ3n) is 2.72. The van der Waals surface area contributed by atoms with Crippen LogP contribution in [0.1, 0.15) is 11.3 Å². The van der Waals surface area contributed by atoms with Crippen LogP contribution in [0.4, 0.5) is 13.2 Å². The number of carboxylic acid groups (broad SMARTS) is 1. The lowest BCUT2D eigenvalue weighted by Gasteiger charge is -2.12. The molecule has 1 heterocycles. The van der Waals surface area contributed by atoms with Crippen LogP contribution >= 0.6 is 11.6 Å². The van der Waals surface area contributed by atoms with Gasteiger partial charge >= 0.3 is 12.1 Å². The first-order valence-electron chi connectivity index (χ1n) is 5.54. The standard InChI is InChI=1S/C13H9ClF3NO2/c14-8-1-3-9(4-2-8)18-6-5-10(13(15,16)17)11(18)7-12(19)20/h1-6H,7H2,(H,19,20). The molecule has 7 heteroatoms. The van der Waals surface area contributed by atoms with E-state index in [1.54, 1.807) is 0 Å². The van der Waals surface area contributed by atoms with Crippen molar-refractivity contribution in [2.75, 3.05) is 0 Å². The molecule has 0 fully saturated rings. The van der Waals surface area contributed by atoms with E-state index in [0.717, 1.165) is 6.07 Å². The Balaban J connectivity index is 2.56. The van der Waals surface area contributed by atoms with E-state index in [0.29, 0.717) is 10.7 Å². The van der Waals surface area contributed by atoms with Crippen LogP contribution in [0.3, 0.4) is 0 Å². The van der Waals surface area contributed by atoms with Gasteiger partial charge in [-0.25, -0.2) is 0 Å². The fourth-order valence-corrected chi connectivity index (χ4v) is 2.02. The van der Waals surface area contributed by atoms with E-state index in [9.17, 15) is 18.0 Å². The van der Waals surface area contributed by atoms with Gasteiger partial charge in [0.1, 0.15) is 0 Å². The molecule has 0 bridgehead atoms. The summed E-state index contributed by atoms with van der Waals surface area (Å²) in [5, 5.41) is 9.23. The lowest BCUT2D eigenvalue weighted by molar-refractivity contribution is -0.139. The van der Waals surface area contributed by atoms with Crippen molar-refractivity contribution in [3.05, 3.63) is 52.8 Å². The fraction of sp³-hybridized carbons (Fsp3) is 0.154. The summed E-state index contributed by atoms with van der Waals surface area (Å²) in [7, 11) is 0. The van der Waals surface area contributed by atoms with Crippen molar-refractivity contribution in [1.82, 2.24) is 4.57 Å². The minimum absolute atomic E-state index is 0.313. The highest BCUT2D eigenvalue weighted by Crippen LogP contribution is 2.34. The van der Waals surface area contributed by atoms with Crippen LogP contribution in [-0.2, 0) is 17.4 Å². The van der Waals surface area contributed by atoms with Gasteiger partial charge in [0, 0.05) is 22.6 Å². The number of benzene rings is 1. The smallest absolute Gasteiger partial charge is 0.418 e. The molecular weight excluding hydrogens is 295 g/mol. The first kappa shape index (κ1) is 14.5. The van der Waals surface area contributed by atoms with Crippen LogP contribution in [0.2, 0.25) is 5.02 Å². The van der Waals surface area contributed by atoms with Crippen molar-refractivity contribution in [3.63, 3.8) is 0 Å². The van der Waals surface area contributed by atoms with E-state index in [-0.39, 0.29) is 5.69 Å². The lowest BCUT2D eigenvalue weighted by Crippen LogP contribution is -2.13. The predicted octanol–water partition coefficient (Wildman–Crippen LogP) is 3.78. The summed E-state index contributed by atoms with van der Waals surface area (Å²) in [4.78, 5) is 10.8. The number of hydrogen-bond donors (Lipinski definition) is 1. The van der Waals surface area contributed by atoms with Crippen LogP contribution in [0.25, 0.3) is 5.69 Å². The van der Waals surface area contributed by atoms with E-state index in [2.05, 4.69) is 0 Å². The minimum atomic E-state index is -4.59. The predicted molar refractivity (Wildman–Crippen MR) is 67.1 cm³/mol. The zero-order valence-corrected chi connectivity index (χ0v) is 10.7. The molecule has 0 unspecified atom stereocenters. The Morgan fingerprint density at radius 3 is 2.30 bits per heavy atom. The number of hydrogen-bond acceptors (Lipinski definition) is 1. The maximum Gasteiger partial charge on any atom is 0.418 e. The Morgan fingerprint density at radius 2 is 1.80 bits per heavy atom. The Bertz CT molecular complexity index is 632. The fourth-order valence-electron chi connectivity index (χ4n) is 1.89. The second-order valence-electron chi connectivity index (χ2n) is 4.09. The molecule has 3 nitrogen and oxygen atoms in total. The molecule has 0 saturated carbocycles. The van der Waals surface area contributed by atoms with Crippen molar-refractivity contribution in [1.29, 1.82) is 0 Å². The van der Waals surface area contributed by atoms with Crippen LogP contribution < -0.4 is 0 Å². The molecule has 0 radical (unpaired) electrons. The van der Waals surface area contributed by atoms with Crippen LogP contribution in [0, 0.1) is 0 Å². The average Bonchev–Trinajstić information content (AvgIpc) is 2.72. The van der Waals surface area contributed by atoms with E-state index in [1.807, 2.05) is 0 Å². The maximum absolute atomic E-state index is 12.9. The summed E-state index contributed by atoms with van der Waals surface area (Å²) < 4.78 is 39.8. The third-order valence-corrected chi connectivity index (χ3v) is 2.97. The SMILES string of the molecule is O=C(O)Cc1c(C(F)(F)F)ccn1-c1ccc(Cl)cc1. The highest BCUT2D eigenvalue weighted by Gasteiger charge is 2.35. The first-order valence-corrected chi connectivity index (χ1v) is 5.92. The van der Waals surface area contributed by atoms with Gasteiger partial charge in [0.05, 0.1) is 12.0 Å². The molecule has 0 aliphatic carbocycles. The highest BCUT2D eigenvalue weighted by molar-refractivity contribution is 6.30. The van der Waals surface area contributed by atoms with Crippen LogP contribution in [0.15, 0.2) is 36.5 Å². The number of carbonyl (C=O) groups is 1. The monoisotopic (exact) mass is 303 g/mol. The number of alkyl halides is 3. The third kappa shape index (κ3) is 2.96. The topological polar surface area (TPSA) is 42.2 Å². The van der Waals surface area contributed by atoms with Gasteiger partial charge in [0.25, 0.3) is 0 Å². The summed E-state index contributed by atoms with van der Waals surface area (Å²) in [6.45, 7) is 0. The van der Waals surface area contributed by atoms with Gasteiger partial charge in [-0.05, 0) is 30.3 Å². The second-order valence-corrected chi connectivity index (χ2v) is 4.53. The molecule has 0 saturated heterocycles. The summed E-state index contributed by atoms with van der Waals surface area (Å²) in [6.07, 6.45) is -4.11. The van der Waals surface area contributed by atoms with Crippen molar-refractivity contribution < 1.29 is 23.1 Å². The number of halogens is 4. The molecule has 106 valence electrons. The van der Waals surface area contributed by atoms with Crippen molar-refractivity contribution in [2.45, 2.75) is 12.6 Å². The Morgan fingerprint density at radius 1 is 1.20 bits per heavy atom. The normalized spacial score (nSPS) is 11.6. The molecular formula is C13H9ClF3NO2.